The van der Waals surface area contributed by atoms with Crippen molar-refractivity contribution in [2.75, 3.05) is 27.3 Å². The second-order valence-electron chi connectivity index (χ2n) is 2.72. The number of rotatable bonds is 6. The van der Waals surface area contributed by atoms with E-state index in [1.54, 1.807) is 14.2 Å². The second-order valence-corrected chi connectivity index (χ2v) is 4.24. The van der Waals surface area contributed by atoms with E-state index in [0.29, 0.717) is 0 Å². The van der Waals surface area contributed by atoms with Crippen LogP contribution in [0.25, 0.3) is 0 Å². The Morgan fingerprint density at radius 2 is 1.91 bits per heavy atom. The van der Waals surface area contributed by atoms with Crippen LogP contribution in [0.3, 0.4) is 0 Å². The summed E-state index contributed by atoms with van der Waals surface area (Å²) in [6.45, 7) is 3.96. The molecule has 0 aliphatic heterocycles. The molecule has 0 saturated heterocycles. The lowest BCUT2D eigenvalue weighted by Crippen LogP contribution is -2.44. The van der Waals surface area contributed by atoms with Gasteiger partial charge < -0.3 is 14.8 Å². The van der Waals surface area contributed by atoms with Crippen molar-refractivity contribution in [2.24, 2.45) is 0 Å². The summed E-state index contributed by atoms with van der Waals surface area (Å²) in [7, 11) is 4.25. The average Bonchev–Trinajstić information content (AvgIpc) is 2.05. The number of ether oxygens (including phenoxy) is 2. The van der Waals surface area contributed by atoms with E-state index in [9.17, 15) is 0 Å². The standard InChI is InChI=1S/C7H19NO2Si/c1-4-5-8-6-7(11,9-2)10-3/h8H,4-6H2,1-3,11H3. The molecule has 0 aliphatic rings. The van der Waals surface area contributed by atoms with Gasteiger partial charge in [-0.1, -0.05) is 6.92 Å². The molecule has 11 heavy (non-hydrogen) atoms. The van der Waals surface area contributed by atoms with E-state index in [1.807, 2.05) is 0 Å². The van der Waals surface area contributed by atoms with Crippen molar-refractivity contribution in [1.29, 1.82) is 0 Å². The minimum atomic E-state index is -0.338. The molecule has 0 saturated carbocycles. The van der Waals surface area contributed by atoms with Gasteiger partial charge in [0.1, 0.15) is 0 Å². The molecular formula is C7H19NO2Si. The molecule has 0 spiro atoms. The lowest BCUT2D eigenvalue weighted by atomic mass is 10.4. The third-order valence-electron chi connectivity index (χ3n) is 1.74. The van der Waals surface area contributed by atoms with E-state index in [-0.39, 0.29) is 5.41 Å². The number of nitrogens with one attached hydrogen (secondary N) is 1. The molecule has 0 amide bonds. The largest absolute Gasteiger partial charge is 0.357 e. The first-order valence-corrected chi connectivity index (χ1v) is 4.99. The molecule has 0 aromatic heterocycles. The van der Waals surface area contributed by atoms with Crippen molar-refractivity contribution in [3.63, 3.8) is 0 Å². The Hall–Kier alpha value is 0.0969. The zero-order chi connectivity index (χ0) is 8.74. The van der Waals surface area contributed by atoms with Crippen LogP contribution >= 0.6 is 0 Å². The van der Waals surface area contributed by atoms with E-state index in [2.05, 4.69) is 12.2 Å². The zero-order valence-corrected chi connectivity index (χ0v) is 9.94. The molecule has 3 nitrogen and oxygen atoms in total. The summed E-state index contributed by atoms with van der Waals surface area (Å²) in [4.78, 5) is 0. The van der Waals surface area contributed by atoms with Crippen molar-refractivity contribution in [3.8, 4) is 0 Å². The molecule has 0 bridgehead atoms. The summed E-state index contributed by atoms with van der Waals surface area (Å²) >= 11 is 0. The normalized spacial score (nSPS) is 12.3. The summed E-state index contributed by atoms with van der Waals surface area (Å²) in [5.74, 6) is 0. The Balaban J connectivity index is 3.51. The SMILES string of the molecule is CCCNCC([SiH3])(OC)OC. The quantitative estimate of drug-likeness (QED) is 0.330. The van der Waals surface area contributed by atoms with Gasteiger partial charge in [0.05, 0.1) is 10.2 Å². The first-order chi connectivity index (χ1) is 5.18. The third-order valence-corrected chi connectivity index (χ3v) is 2.91. The lowest BCUT2D eigenvalue weighted by molar-refractivity contribution is -0.138. The minimum absolute atomic E-state index is 0.338. The van der Waals surface area contributed by atoms with Crippen LogP contribution in [0.4, 0.5) is 0 Å². The summed E-state index contributed by atoms with van der Waals surface area (Å²) in [6, 6.07) is 0. The van der Waals surface area contributed by atoms with Crippen molar-refractivity contribution >= 4 is 10.2 Å². The van der Waals surface area contributed by atoms with Crippen LogP contribution in [0.1, 0.15) is 13.3 Å². The van der Waals surface area contributed by atoms with Crippen LogP contribution in [-0.4, -0.2) is 43.0 Å². The molecule has 0 atom stereocenters. The monoisotopic (exact) mass is 177 g/mol. The predicted molar refractivity (Wildman–Crippen MR) is 49.8 cm³/mol. The van der Waals surface area contributed by atoms with Crippen LogP contribution in [0.2, 0.25) is 0 Å². The summed E-state index contributed by atoms with van der Waals surface area (Å²) in [5.41, 5.74) is -0.338. The van der Waals surface area contributed by atoms with Crippen LogP contribution in [-0.2, 0) is 9.47 Å². The second kappa shape index (κ2) is 5.71. The van der Waals surface area contributed by atoms with Gasteiger partial charge in [-0.15, -0.1) is 0 Å². The van der Waals surface area contributed by atoms with E-state index < -0.39 is 0 Å². The molecule has 0 fully saturated rings. The van der Waals surface area contributed by atoms with E-state index in [1.165, 1.54) is 0 Å². The minimum Gasteiger partial charge on any atom is -0.357 e. The Morgan fingerprint density at radius 1 is 1.36 bits per heavy atom. The van der Waals surface area contributed by atoms with Gasteiger partial charge in [0.15, 0.2) is 5.41 Å². The maximum atomic E-state index is 5.21. The maximum absolute atomic E-state index is 5.21. The van der Waals surface area contributed by atoms with Gasteiger partial charge in [-0.3, -0.25) is 0 Å². The highest BCUT2D eigenvalue weighted by Crippen LogP contribution is 2.02. The fourth-order valence-corrected chi connectivity index (χ4v) is 0.970. The van der Waals surface area contributed by atoms with E-state index in [0.717, 1.165) is 29.8 Å². The first-order valence-electron chi connectivity index (χ1n) is 3.99. The molecule has 0 aromatic carbocycles. The summed E-state index contributed by atoms with van der Waals surface area (Å²) in [6.07, 6.45) is 1.14. The predicted octanol–water partition coefficient (Wildman–Crippen LogP) is -0.702. The summed E-state index contributed by atoms with van der Waals surface area (Å²) in [5, 5.41) is 3.26. The molecule has 0 unspecified atom stereocenters. The zero-order valence-electron chi connectivity index (χ0n) is 7.94. The highest BCUT2D eigenvalue weighted by Gasteiger charge is 2.20. The van der Waals surface area contributed by atoms with Crippen LogP contribution in [0.5, 0.6) is 0 Å². The van der Waals surface area contributed by atoms with Crippen LogP contribution in [0, 0.1) is 0 Å². The Kier molecular flexibility index (Phi) is 5.76. The molecular weight excluding hydrogens is 158 g/mol. The smallest absolute Gasteiger partial charge is 0.152 e. The van der Waals surface area contributed by atoms with Gasteiger partial charge in [-0.25, -0.2) is 0 Å². The molecule has 4 heteroatoms. The summed E-state index contributed by atoms with van der Waals surface area (Å²) < 4.78 is 10.4. The van der Waals surface area contributed by atoms with Crippen LogP contribution in [0.15, 0.2) is 0 Å². The Labute approximate surface area is 71.9 Å². The number of hydrogen-bond acceptors (Lipinski definition) is 3. The molecule has 1 N–H and O–H groups in total. The molecule has 68 valence electrons. The molecule has 0 heterocycles. The molecule has 0 rings (SSSR count). The van der Waals surface area contributed by atoms with Crippen molar-refractivity contribution in [2.45, 2.75) is 18.8 Å². The molecule has 0 radical (unpaired) electrons. The van der Waals surface area contributed by atoms with Gasteiger partial charge >= 0.3 is 0 Å². The van der Waals surface area contributed by atoms with Gasteiger partial charge in [0, 0.05) is 20.8 Å². The average molecular weight is 177 g/mol. The topological polar surface area (TPSA) is 30.5 Å². The first kappa shape index (κ1) is 11.1. The number of hydrogen-bond donors (Lipinski definition) is 1. The Morgan fingerprint density at radius 3 is 2.27 bits per heavy atom. The van der Waals surface area contributed by atoms with Gasteiger partial charge in [-0.2, -0.15) is 0 Å². The van der Waals surface area contributed by atoms with Gasteiger partial charge in [-0.05, 0) is 13.0 Å². The number of methoxy groups -OCH3 is 2. The van der Waals surface area contributed by atoms with E-state index in [4.69, 9.17) is 9.47 Å². The highest BCUT2D eigenvalue weighted by atomic mass is 28.1. The fraction of sp³-hybridized carbons (Fsp3) is 1.00. The lowest BCUT2D eigenvalue weighted by Gasteiger charge is -2.26. The maximum Gasteiger partial charge on any atom is 0.152 e. The van der Waals surface area contributed by atoms with Crippen molar-refractivity contribution < 1.29 is 9.47 Å². The molecule has 0 aromatic rings. The Bertz CT molecular complexity index is 96.4. The highest BCUT2D eigenvalue weighted by molar-refractivity contribution is 6.13. The van der Waals surface area contributed by atoms with Crippen molar-refractivity contribution in [3.05, 3.63) is 0 Å². The van der Waals surface area contributed by atoms with Crippen molar-refractivity contribution in [1.82, 2.24) is 5.32 Å². The van der Waals surface area contributed by atoms with Gasteiger partial charge in [0.25, 0.3) is 0 Å². The molecule has 0 aliphatic carbocycles. The van der Waals surface area contributed by atoms with E-state index >= 15 is 0 Å². The van der Waals surface area contributed by atoms with Gasteiger partial charge in [0.2, 0.25) is 0 Å². The third kappa shape index (κ3) is 4.52. The van der Waals surface area contributed by atoms with Crippen LogP contribution < -0.4 is 5.32 Å². The fourth-order valence-electron chi connectivity index (χ4n) is 0.720.